The van der Waals surface area contributed by atoms with E-state index < -0.39 is 0 Å². The molecule has 134 valence electrons. The summed E-state index contributed by atoms with van der Waals surface area (Å²) in [7, 11) is 1.82. The largest absolute Gasteiger partial charge is 0.336 e. The van der Waals surface area contributed by atoms with Crippen LogP contribution < -0.4 is 5.32 Å². The molecular formula is C19H24ClN3OS. The van der Waals surface area contributed by atoms with E-state index in [1.807, 2.05) is 31.3 Å². The van der Waals surface area contributed by atoms with E-state index in [2.05, 4.69) is 27.7 Å². The van der Waals surface area contributed by atoms with E-state index in [0.717, 1.165) is 18.7 Å². The van der Waals surface area contributed by atoms with Crippen molar-refractivity contribution < 1.29 is 4.79 Å². The first-order valence-corrected chi connectivity index (χ1v) is 9.90. The van der Waals surface area contributed by atoms with Gasteiger partial charge in [-0.05, 0) is 55.1 Å². The normalized spacial score (nSPS) is 15.9. The van der Waals surface area contributed by atoms with Crippen LogP contribution in [-0.2, 0) is 6.54 Å². The number of carbonyl (C=O) groups is 1. The maximum atomic E-state index is 12.5. The number of thiophene rings is 1. The van der Waals surface area contributed by atoms with Crippen LogP contribution in [0.4, 0.5) is 4.79 Å². The van der Waals surface area contributed by atoms with Gasteiger partial charge in [-0.3, -0.25) is 4.90 Å². The van der Waals surface area contributed by atoms with Gasteiger partial charge in [0.2, 0.25) is 0 Å². The molecule has 0 spiro atoms. The molecule has 1 N–H and O–H groups in total. The van der Waals surface area contributed by atoms with E-state index in [0.29, 0.717) is 18.1 Å². The highest BCUT2D eigenvalue weighted by molar-refractivity contribution is 7.10. The molecule has 25 heavy (non-hydrogen) atoms. The van der Waals surface area contributed by atoms with Gasteiger partial charge >= 0.3 is 6.03 Å². The van der Waals surface area contributed by atoms with Gasteiger partial charge in [0.25, 0.3) is 0 Å². The lowest BCUT2D eigenvalue weighted by atomic mass is 10.2. The molecule has 2 aromatic rings. The Morgan fingerprint density at radius 3 is 2.64 bits per heavy atom. The maximum absolute atomic E-state index is 12.5. The summed E-state index contributed by atoms with van der Waals surface area (Å²) in [5.74, 6) is 0. The first-order chi connectivity index (χ1) is 12.1. The van der Waals surface area contributed by atoms with Gasteiger partial charge in [-0.2, -0.15) is 0 Å². The third kappa shape index (κ3) is 4.97. The zero-order valence-corrected chi connectivity index (χ0v) is 16.0. The Balaban J connectivity index is 1.56. The van der Waals surface area contributed by atoms with E-state index in [1.165, 1.54) is 17.7 Å². The van der Waals surface area contributed by atoms with Crippen LogP contribution in [-0.4, -0.2) is 42.5 Å². The fourth-order valence-electron chi connectivity index (χ4n) is 3.20. The summed E-state index contributed by atoms with van der Waals surface area (Å²) < 4.78 is 0. The SMILES string of the molecule is CN(Cc1ccc(Cl)cc1)C(=O)NCC(c1cccs1)N1CCCC1. The smallest absolute Gasteiger partial charge is 0.317 e. The van der Waals surface area contributed by atoms with Crippen molar-refractivity contribution in [2.75, 3.05) is 26.7 Å². The predicted octanol–water partition coefficient (Wildman–Crippen LogP) is 4.38. The summed E-state index contributed by atoms with van der Waals surface area (Å²) in [5.41, 5.74) is 1.07. The molecule has 1 fully saturated rings. The summed E-state index contributed by atoms with van der Waals surface area (Å²) in [6.45, 7) is 3.43. The van der Waals surface area contributed by atoms with Crippen molar-refractivity contribution in [2.24, 2.45) is 0 Å². The fourth-order valence-corrected chi connectivity index (χ4v) is 4.19. The van der Waals surface area contributed by atoms with Crippen LogP contribution in [0.15, 0.2) is 41.8 Å². The van der Waals surface area contributed by atoms with Gasteiger partial charge in [-0.1, -0.05) is 29.8 Å². The predicted molar refractivity (Wildman–Crippen MR) is 104 cm³/mol. The third-order valence-corrected chi connectivity index (χ3v) is 5.80. The third-order valence-electron chi connectivity index (χ3n) is 4.58. The quantitative estimate of drug-likeness (QED) is 0.810. The topological polar surface area (TPSA) is 35.6 Å². The Labute approximate surface area is 158 Å². The lowest BCUT2D eigenvalue weighted by Crippen LogP contribution is -2.42. The average Bonchev–Trinajstić information content (AvgIpc) is 3.31. The molecule has 0 radical (unpaired) electrons. The summed E-state index contributed by atoms with van der Waals surface area (Å²) in [6.07, 6.45) is 2.48. The average molecular weight is 378 g/mol. The number of urea groups is 1. The Hall–Kier alpha value is -1.56. The molecular weight excluding hydrogens is 354 g/mol. The minimum atomic E-state index is -0.0456. The van der Waals surface area contributed by atoms with Gasteiger partial charge in [0.05, 0.1) is 6.04 Å². The van der Waals surface area contributed by atoms with Crippen molar-refractivity contribution >= 4 is 29.0 Å². The lowest BCUT2D eigenvalue weighted by Gasteiger charge is -2.28. The Kier molecular flexibility index (Phi) is 6.34. The van der Waals surface area contributed by atoms with E-state index >= 15 is 0 Å². The van der Waals surface area contributed by atoms with Gasteiger partial charge < -0.3 is 10.2 Å². The van der Waals surface area contributed by atoms with Crippen LogP contribution in [0.1, 0.15) is 29.3 Å². The Morgan fingerprint density at radius 1 is 1.28 bits per heavy atom. The summed E-state index contributed by atoms with van der Waals surface area (Å²) in [5, 5.41) is 5.92. The molecule has 1 aromatic carbocycles. The summed E-state index contributed by atoms with van der Waals surface area (Å²) in [4.78, 5) is 18.0. The number of nitrogens with one attached hydrogen (secondary N) is 1. The molecule has 2 amide bonds. The Bertz CT molecular complexity index is 668. The molecule has 4 nitrogen and oxygen atoms in total. The first-order valence-electron chi connectivity index (χ1n) is 8.64. The van der Waals surface area contributed by atoms with E-state index in [-0.39, 0.29) is 12.1 Å². The molecule has 0 aliphatic carbocycles. The van der Waals surface area contributed by atoms with E-state index in [1.54, 1.807) is 16.2 Å². The van der Waals surface area contributed by atoms with Crippen LogP contribution in [0, 0.1) is 0 Å². The minimum absolute atomic E-state index is 0.0456. The van der Waals surface area contributed by atoms with Crippen molar-refractivity contribution in [1.29, 1.82) is 0 Å². The van der Waals surface area contributed by atoms with Gasteiger partial charge in [0, 0.05) is 30.0 Å². The lowest BCUT2D eigenvalue weighted by molar-refractivity contribution is 0.196. The molecule has 2 heterocycles. The van der Waals surface area contributed by atoms with Crippen LogP contribution in [0.3, 0.4) is 0 Å². The van der Waals surface area contributed by atoms with Gasteiger partial charge in [-0.15, -0.1) is 11.3 Å². The monoisotopic (exact) mass is 377 g/mol. The number of likely N-dealkylation sites (tertiary alicyclic amines) is 1. The van der Waals surface area contributed by atoms with Gasteiger partial charge in [-0.25, -0.2) is 4.79 Å². The van der Waals surface area contributed by atoms with Gasteiger partial charge in [0.15, 0.2) is 0 Å². The van der Waals surface area contributed by atoms with Crippen LogP contribution in [0.5, 0.6) is 0 Å². The molecule has 6 heteroatoms. The molecule has 1 unspecified atom stereocenters. The number of benzene rings is 1. The zero-order valence-electron chi connectivity index (χ0n) is 14.5. The Morgan fingerprint density at radius 2 is 2.00 bits per heavy atom. The number of rotatable bonds is 6. The standard InChI is InChI=1S/C19H24ClN3OS/c1-22(14-15-6-8-16(20)9-7-15)19(24)21-13-17(18-5-4-12-25-18)23-10-2-3-11-23/h4-9,12,17H,2-3,10-11,13-14H2,1H3,(H,21,24). The number of halogens is 1. The van der Waals surface area contributed by atoms with Crippen LogP contribution in [0.2, 0.25) is 5.02 Å². The maximum Gasteiger partial charge on any atom is 0.317 e. The van der Waals surface area contributed by atoms with Crippen molar-refractivity contribution in [2.45, 2.75) is 25.4 Å². The molecule has 1 atom stereocenters. The van der Waals surface area contributed by atoms with Crippen molar-refractivity contribution in [3.8, 4) is 0 Å². The number of nitrogens with zero attached hydrogens (tertiary/aromatic N) is 2. The van der Waals surface area contributed by atoms with E-state index in [9.17, 15) is 4.79 Å². The van der Waals surface area contributed by atoms with Crippen LogP contribution >= 0.6 is 22.9 Å². The number of amides is 2. The van der Waals surface area contributed by atoms with Gasteiger partial charge in [0.1, 0.15) is 0 Å². The number of hydrogen-bond donors (Lipinski definition) is 1. The molecule has 1 saturated heterocycles. The van der Waals surface area contributed by atoms with Crippen molar-refractivity contribution in [3.05, 3.63) is 57.2 Å². The first kappa shape index (κ1) is 18.2. The molecule has 3 rings (SSSR count). The van der Waals surface area contributed by atoms with Crippen molar-refractivity contribution in [3.63, 3.8) is 0 Å². The fraction of sp³-hybridized carbons (Fsp3) is 0.421. The number of carbonyl (C=O) groups excluding carboxylic acids is 1. The molecule has 1 aliphatic heterocycles. The second-order valence-corrected chi connectivity index (χ2v) is 7.86. The molecule has 1 aromatic heterocycles. The zero-order chi connectivity index (χ0) is 17.6. The van der Waals surface area contributed by atoms with Crippen molar-refractivity contribution in [1.82, 2.24) is 15.1 Å². The van der Waals surface area contributed by atoms with E-state index in [4.69, 9.17) is 11.6 Å². The molecule has 0 saturated carbocycles. The summed E-state index contributed by atoms with van der Waals surface area (Å²) in [6, 6.07) is 12.1. The molecule has 0 bridgehead atoms. The summed E-state index contributed by atoms with van der Waals surface area (Å²) >= 11 is 7.67. The minimum Gasteiger partial charge on any atom is -0.336 e. The van der Waals surface area contributed by atoms with Crippen LogP contribution in [0.25, 0.3) is 0 Å². The highest BCUT2D eigenvalue weighted by Gasteiger charge is 2.25. The molecule has 1 aliphatic rings. The number of hydrogen-bond acceptors (Lipinski definition) is 3. The highest BCUT2D eigenvalue weighted by Crippen LogP contribution is 2.27. The second kappa shape index (κ2) is 8.70. The highest BCUT2D eigenvalue weighted by atomic mass is 35.5. The second-order valence-electron chi connectivity index (χ2n) is 6.44.